The zero-order valence-corrected chi connectivity index (χ0v) is 10.8. The van der Waals surface area contributed by atoms with E-state index in [1.54, 1.807) is 0 Å². The number of terminal acetylenes is 2. The van der Waals surface area contributed by atoms with Crippen molar-refractivity contribution in [3.63, 3.8) is 0 Å². The Kier molecular flexibility index (Phi) is 3.13. The molecule has 3 saturated heterocycles. The topological polar surface area (TPSA) is 59.1 Å². The maximum absolute atomic E-state index is 11.9. The molecule has 3 aliphatic rings. The van der Waals surface area contributed by atoms with E-state index in [-0.39, 0.29) is 37.7 Å². The Morgan fingerprint density at radius 3 is 1.70 bits per heavy atom. The van der Waals surface area contributed by atoms with Gasteiger partial charge in [-0.05, 0) is 0 Å². The molecule has 0 N–H and O–H groups in total. The van der Waals surface area contributed by atoms with Crippen LogP contribution in [0.5, 0.6) is 0 Å². The summed E-state index contributed by atoms with van der Waals surface area (Å²) in [5.41, 5.74) is 0. The summed E-state index contributed by atoms with van der Waals surface area (Å²) in [5, 5.41) is 0. The highest BCUT2D eigenvalue weighted by molar-refractivity contribution is 5.81. The zero-order valence-electron chi connectivity index (χ0n) is 10.8. The maximum Gasteiger partial charge on any atom is 0.228 e. The number of fused-ring (bicyclic) bond motifs is 2. The fraction of sp³-hybridized carbons (Fsp3) is 0.571. The molecule has 0 spiro atoms. The lowest BCUT2D eigenvalue weighted by atomic mass is 10.2. The number of ether oxygens (including phenoxy) is 2. The molecule has 2 amide bonds. The molecule has 3 heterocycles. The number of nitrogens with zero attached hydrogens (tertiary/aromatic N) is 2. The molecule has 0 saturated carbocycles. The molecule has 104 valence electrons. The molecule has 3 fully saturated rings. The molecule has 3 aliphatic heterocycles. The summed E-state index contributed by atoms with van der Waals surface area (Å²) in [4.78, 5) is 26.7. The summed E-state index contributed by atoms with van der Waals surface area (Å²) in [6, 6.07) is 0. The average Bonchev–Trinajstić information content (AvgIpc) is 2.87. The Balaban J connectivity index is 1.79. The van der Waals surface area contributed by atoms with Gasteiger partial charge in [-0.3, -0.25) is 9.59 Å². The summed E-state index contributed by atoms with van der Waals surface area (Å²) < 4.78 is 11.7. The van der Waals surface area contributed by atoms with E-state index in [2.05, 4.69) is 11.8 Å². The summed E-state index contributed by atoms with van der Waals surface area (Å²) in [6.07, 6.45) is 9.15. The number of hydrogen-bond acceptors (Lipinski definition) is 4. The van der Waals surface area contributed by atoms with Gasteiger partial charge in [-0.1, -0.05) is 11.8 Å². The minimum atomic E-state index is -0.501. The minimum absolute atomic E-state index is 0.0900. The predicted octanol–water partition coefficient (Wildman–Crippen LogP) is -0.846. The van der Waals surface area contributed by atoms with Crippen LogP contribution in [0.1, 0.15) is 12.8 Å². The van der Waals surface area contributed by atoms with E-state index < -0.39 is 24.7 Å². The highest BCUT2D eigenvalue weighted by atomic mass is 16.6. The summed E-state index contributed by atoms with van der Waals surface area (Å²) in [5.74, 6) is 4.69. The van der Waals surface area contributed by atoms with Crippen LogP contribution < -0.4 is 0 Å². The van der Waals surface area contributed by atoms with E-state index in [1.807, 2.05) is 0 Å². The minimum Gasteiger partial charge on any atom is -0.347 e. The molecule has 0 aromatic heterocycles. The molecule has 20 heavy (non-hydrogen) atoms. The molecule has 6 nitrogen and oxygen atoms in total. The number of rotatable bonds is 2. The van der Waals surface area contributed by atoms with Gasteiger partial charge in [0.05, 0.1) is 25.9 Å². The van der Waals surface area contributed by atoms with Crippen molar-refractivity contribution >= 4 is 11.8 Å². The first-order valence-electron chi connectivity index (χ1n) is 6.42. The molecular formula is C14H14N2O4. The van der Waals surface area contributed by atoms with Gasteiger partial charge < -0.3 is 19.3 Å². The molecule has 0 aromatic carbocycles. The van der Waals surface area contributed by atoms with Gasteiger partial charge in [0.2, 0.25) is 11.8 Å². The third-order valence-corrected chi connectivity index (χ3v) is 3.79. The third-order valence-electron chi connectivity index (χ3n) is 3.79. The van der Waals surface area contributed by atoms with E-state index in [4.69, 9.17) is 22.3 Å². The van der Waals surface area contributed by atoms with Crippen molar-refractivity contribution in [2.24, 2.45) is 0 Å². The molecule has 0 aromatic rings. The molecule has 0 unspecified atom stereocenters. The number of hydrogen-bond donors (Lipinski definition) is 0. The Morgan fingerprint density at radius 2 is 1.35 bits per heavy atom. The molecule has 0 radical (unpaired) electrons. The summed E-state index contributed by atoms with van der Waals surface area (Å²) >= 11 is 0. The van der Waals surface area contributed by atoms with Crippen molar-refractivity contribution in [1.29, 1.82) is 0 Å². The van der Waals surface area contributed by atoms with Crippen molar-refractivity contribution in [1.82, 2.24) is 9.80 Å². The maximum atomic E-state index is 11.9. The van der Waals surface area contributed by atoms with E-state index >= 15 is 0 Å². The van der Waals surface area contributed by atoms with Crippen LogP contribution in [0.4, 0.5) is 0 Å². The normalized spacial score (nSPS) is 35.5. The first-order valence-corrected chi connectivity index (χ1v) is 6.42. The van der Waals surface area contributed by atoms with Crippen LogP contribution in [0.15, 0.2) is 0 Å². The highest BCUT2D eigenvalue weighted by Gasteiger charge is 2.53. The van der Waals surface area contributed by atoms with Crippen LogP contribution in [0.3, 0.4) is 0 Å². The van der Waals surface area contributed by atoms with Crippen LogP contribution in [-0.2, 0) is 19.1 Å². The van der Waals surface area contributed by atoms with Crippen molar-refractivity contribution in [3.05, 3.63) is 0 Å². The SMILES string of the molecule is C#CCN1C(=O)C[C@H]2O[C@@H]3[C@@H](CC(=O)N3CC#C)O[C@H]21. The average molecular weight is 274 g/mol. The predicted molar refractivity (Wildman–Crippen MR) is 67.6 cm³/mol. The van der Waals surface area contributed by atoms with Gasteiger partial charge >= 0.3 is 0 Å². The first kappa shape index (κ1) is 13.0. The quantitative estimate of drug-likeness (QED) is 0.616. The van der Waals surface area contributed by atoms with Crippen molar-refractivity contribution in [2.75, 3.05) is 13.1 Å². The van der Waals surface area contributed by atoms with Gasteiger partial charge in [0, 0.05) is 0 Å². The lowest BCUT2D eigenvalue weighted by Gasteiger charge is -2.39. The number of likely N-dealkylation sites (tertiary alicyclic amines) is 2. The van der Waals surface area contributed by atoms with Gasteiger partial charge in [0.1, 0.15) is 12.2 Å². The Hall–Kier alpha value is -2.02. The Morgan fingerprint density at radius 1 is 0.950 bits per heavy atom. The van der Waals surface area contributed by atoms with Gasteiger partial charge in [-0.15, -0.1) is 12.8 Å². The van der Waals surface area contributed by atoms with E-state index in [1.165, 1.54) is 9.80 Å². The monoisotopic (exact) mass is 274 g/mol. The third kappa shape index (κ3) is 1.85. The number of carbonyl (C=O) groups is 2. The van der Waals surface area contributed by atoms with Crippen LogP contribution >= 0.6 is 0 Å². The highest BCUT2D eigenvalue weighted by Crippen LogP contribution is 2.36. The first-order chi connectivity index (χ1) is 9.65. The van der Waals surface area contributed by atoms with E-state index in [9.17, 15) is 9.59 Å². The lowest BCUT2D eigenvalue weighted by molar-refractivity contribution is -0.251. The lowest BCUT2D eigenvalue weighted by Crippen LogP contribution is -2.53. The Bertz CT molecular complexity index is 484. The van der Waals surface area contributed by atoms with Crippen molar-refractivity contribution in [2.45, 2.75) is 37.5 Å². The van der Waals surface area contributed by atoms with Crippen LogP contribution in [0.25, 0.3) is 0 Å². The number of carbonyl (C=O) groups excluding carboxylic acids is 2. The Labute approximate surface area is 117 Å². The second-order valence-electron chi connectivity index (χ2n) is 4.99. The van der Waals surface area contributed by atoms with Crippen molar-refractivity contribution in [3.8, 4) is 24.7 Å². The van der Waals surface area contributed by atoms with E-state index in [0.29, 0.717) is 0 Å². The smallest absolute Gasteiger partial charge is 0.228 e. The molecule has 4 atom stereocenters. The van der Waals surface area contributed by atoms with Gasteiger partial charge in [0.15, 0.2) is 12.5 Å². The summed E-state index contributed by atoms with van der Waals surface area (Å²) in [7, 11) is 0. The van der Waals surface area contributed by atoms with Gasteiger partial charge in [-0.2, -0.15) is 0 Å². The second kappa shape index (κ2) is 4.82. The van der Waals surface area contributed by atoms with E-state index in [0.717, 1.165) is 0 Å². The largest absolute Gasteiger partial charge is 0.347 e. The fourth-order valence-electron chi connectivity index (χ4n) is 2.93. The molecule has 0 aliphatic carbocycles. The molecule has 0 bridgehead atoms. The molecule has 6 heteroatoms. The standard InChI is InChI=1S/C14H14N2O4/c1-3-5-15-11(17)7-9-13(15)19-10-8-12(18)16(6-4-2)14(10)20-9/h1-2,9-10,13-14H,5-8H2/t9-,10-,13-,14-/m1/s1. The van der Waals surface area contributed by atoms with Crippen LogP contribution in [0, 0.1) is 24.7 Å². The van der Waals surface area contributed by atoms with Crippen molar-refractivity contribution < 1.29 is 19.1 Å². The second-order valence-corrected chi connectivity index (χ2v) is 4.99. The van der Waals surface area contributed by atoms with Crippen LogP contribution in [-0.4, -0.2) is 59.4 Å². The molecule has 3 rings (SSSR count). The number of amides is 2. The molecular weight excluding hydrogens is 260 g/mol. The van der Waals surface area contributed by atoms with Gasteiger partial charge in [0.25, 0.3) is 0 Å². The summed E-state index contributed by atoms with van der Waals surface area (Å²) in [6.45, 7) is 0.367. The van der Waals surface area contributed by atoms with Crippen LogP contribution in [0.2, 0.25) is 0 Å². The zero-order chi connectivity index (χ0) is 14.3. The fourth-order valence-corrected chi connectivity index (χ4v) is 2.93. The van der Waals surface area contributed by atoms with Gasteiger partial charge in [-0.25, -0.2) is 0 Å².